The Morgan fingerprint density at radius 1 is 1.44 bits per heavy atom. The quantitative estimate of drug-likeness (QED) is 0.723. The Bertz CT molecular complexity index is 688. The number of hydrogen-bond acceptors (Lipinski definition) is 6. The molecule has 3 rings (SSSR count). The van der Waals surface area contributed by atoms with Gasteiger partial charge in [-0.3, -0.25) is 0 Å². The standard InChI is InChI=1S/C11H11N5O2/c1-6-2-3-7(18-6)5-17-8-4-9(12)13-11-10(8)14-16-15-11/h2-4H,5H2,1H3,(H3,12,13,14,15,16). The van der Waals surface area contributed by atoms with E-state index < -0.39 is 0 Å². The van der Waals surface area contributed by atoms with Gasteiger partial charge in [0.15, 0.2) is 16.9 Å². The Hall–Kier alpha value is -2.57. The molecule has 0 atom stereocenters. The van der Waals surface area contributed by atoms with Gasteiger partial charge in [-0.1, -0.05) is 5.21 Å². The molecule has 18 heavy (non-hydrogen) atoms. The number of pyridine rings is 1. The maximum Gasteiger partial charge on any atom is 0.181 e. The van der Waals surface area contributed by atoms with Crippen LogP contribution in [0.25, 0.3) is 11.2 Å². The van der Waals surface area contributed by atoms with Crippen molar-refractivity contribution in [3.05, 3.63) is 29.7 Å². The first-order valence-electron chi connectivity index (χ1n) is 5.38. The van der Waals surface area contributed by atoms with Gasteiger partial charge >= 0.3 is 0 Å². The van der Waals surface area contributed by atoms with E-state index in [1.54, 1.807) is 6.07 Å². The van der Waals surface area contributed by atoms with Crippen LogP contribution in [0.4, 0.5) is 5.82 Å². The number of H-pyrrole nitrogens is 1. The summed E-state index contributed by atoms with van der Waals surface area (Å²) in [6, 6.07) is 5.35. The number of nitrogens with one attached hydrogen (secondary N) is 1. The first-order valence-corrected chi connectivity index (χ1v) is 5.38. The minimum absolute atomic E-state index is 0.305. The lowest BCUT2D eigenvalue weighted by Gasteiger charge is -2.05. The van der Waals surface area contributed by atoms with Crippen LogP contribution in [0.1, 0.15) is 11.5 Å². The number of nitrogen functional groups attached to an aromatic ring is 1. The molecule has 92 valence electrons. The molecule has 0 radical (unpaired) electrons. The first kappa shape index (κ1) is 10.6. The van der Waals surface area contributed by atoms with Gasteiger partial charge in [0.05, 0.1) is 0 Å². The van der Waals surface area contributed by atoms with Gasteiger partial charge in [0.2, 0.25) is 0 Å². The van der Waals surface area contributed by atoms with Crippen LogP contribution in [-0.2, 0) is 6.61 Å². The van der Waals surface area contributed by atoms with Gasteiger partial charge in [-0.25, -0.2) is 10.1 Å². The molecule has 0 saturated carbocycles. The number of rotatable bonds is 3. The number of nitrogens with two attached hydrogens (primary N) is 1. The molecular weight excluding hydrogens is 234 g/mol. The van der Waals surface area contributed by atoms with Gasteiger partial charge in [-0.15, -0.1) is 5.10 Å². The summed E-state index contributed by atoms with van der Waals surface area (Å²) in [7, 11) is 0. The molecule has 7 nitrogen and oxygen atoms in total. The van der Waals surface area contributed by atoms with E-state index in [1.807, 2.05) is 19.1 Å². The van der Waals surface area contributed by atoms with Crippen molar-refractivity contribution in [1.29, 1.82) is 0 Å². The van der Waals surface area contributed by atoms with Crippen molar-refractivity contribution in [2.75, 3.05) is 5.73 Å². The molecule has 0 amide bonds. The van der Waals surface area contributed by atoms with Crippen LogP contribution in [0.5, 0.6) is 5.75 Å². The summed E-state index contributed by atoms with van der Waals surface area (Å²) in [5.74, 6) is 2.45. The normalized spacial score (nSPS) is 10.9. The third-order valence-corrected chi connectivity index (χ3v) is 2.45. The van der Waals surface area contributed by atoms with Crippen molar-refractivity contribution in [3.8, 4) is 5.75 Å². The summed E-state index contributed by atoms with van der Waals surface area (Å²) >= 11 is 0. The van der Waals surface area contributed by atoms with E-state index in [2.05, 4.69) is 20.4 Å². The van der Waals surface area contributed by atoms with E-state index >= 15 is 0 Å². The SMILES string of the molecule is Cc1ccc(COc2cc(N)nc3[nH]nnc23)o1. The first-order chi connectivity index (χ1) is 8.72. The number of nitrogens with zero attached hydrogens (tertiary/aromatic N) is 3. The fraction of sp³-hybridized carbons (Fsp3) is 0.182. The van der Waals surface area contributed by atoms with Gasteiger partial charge in [0, 0.05) is 6.07 Å². The highest BCUT2D eigenvalue weighted by molar-refractivity contribution is 5.78. The van der Waals surface area contributed by atoms with Crippen LogP contribution in [-0.4, -0.2) is 20.4 Å². The monoisotopic (exact) mass is 245 g/mol. The second-order valence-corrected chi connectivity index (χ2v) is 3.86. The number of aromatic amines is 1. The average molecular weight is 245 g/mol. The highest BCUT2D eigenvalue weighted by Crippen LogP contribution is 2.24. The fourth-order valence-corrected chi connectivity index (χ4v) is 1.65. The largest absolute Gasteiger partial charge is 0.483 e. The zero-order chi connectivity index (χ0) is 12.5. The molecule has 0 aliphatic rings. The Labute approximate surface area is 102 Å². The third kappa shape index (κ3) is 1.86. The molecule has 3 N–H and O–H groups in total. The molecule has 3 heterocycles. The second kappa shape index (κ2) is 4.02. The third-order valence-electron chi connectivity index (χ3n) is 2.45. The number of aromatic nitrogens is 4. The van der Waals surface area contributed by atoms with Crippen molar-refractivity contribution >= 4 is 17.0 Å². The number of hydrogen-bond donors (Lipinski definition) is 2. The van der Waals surface area contributed by atoms with E-state index in [0.717, 1.165) is 11.5 Å². The van der Waals surface area contributed by atoms with Crippen molar-refractivity contribution in [2.24, 2.45) is 0 Å². The number of aryl methyl sites for hydroxylation is 1. The molecular formula is C11H11N5O2. The van der Waals surface area contributed by atoms with Crippen LogP contribution < -0.4 is 10.5 Å². The minimum atomic E-state index is 0.305. The molecule has 0 aliphatic carbocycles. The smallest absolute Gasteiger partial charge is 0.181 e. The van der Waals surface area contributed by atoms with Crippen LogP contribution >= 0.6 is 0 Å². The lowest BCUT2D eigenvalue weighted by Crippen LogP contribution is -1.98. The van der Waals surface area contributed by atoms with E-state index in [9.17, 15) is 0 Å². The van der Waals surface area contributed by atoms with E-state index in [-0.39, 0.29) is 0 Å². The molecule has 0 fully saturated rings. The predicted octanol–water partition coefficient (Wildman–Crippen LogP) is 1.42. The number of ether oxygens (including phenoxy) is 1. The minimum Gasteiger partial charge on any atom is -0.483 e. The van der Waals surface area contributed by atoms with E-state index in [1.165, 1.54) is 0 Å². The summed E-state index contributed by atoms with van der Waals surface area (Å²) in [6.07, 6.45) is 0. The highest BCUT2D eigenvalue weighted by atomic mass is 16.5. The molecule has 7 heteroatoms. The summed E-state index contributed by atoms with van der Waals surface area (Å²) < 4.78 is 11.0. The second-order valence-electron chi connectivity index (χ2n) is 3.86. The van der Waals surface area contributed by atoms with Gasteiger partial charge in [0.25, 0.3) is 0 Å². The summed E-state index contributed by atoms with van der Waals surface area (Å²) in [5.41, 5.74) is 6.72. The topological polar surface area (TPSA) is 103 Å². The molecule has 0 aliphatic heterocycles. The lowest BCUT2D eigenvalue weighted by molar-refractivity contribution is 0.270. The predicted molar refractivity (Wildman–Crippen MR) is 63.9 cm³/mol. The lowest BCUT2D eigenvalue weighted by atomic mass is 10.4. The Morgan fingerprint density at radius 3 is 3.11 bits per heavy atom. The zero-order valence-electron chi connectivity index (χ0n) is 9.67. The molecule has 0 saturated heterocycles. The Balaban J connectivity index is 1.87. The van der Waals surface area contributed by atoms with Crippen molar-refractivity contribution in [1.82, 2.24) is 20.4 Å². The number of fused-ring (bicyclic) bond motifs is 1. The molecule has 0 unspecified atom stereocenters. The van der Waals surface area contributed by atoms with Crippen molar-refractivity contribution in [3.63, 3.8) is 0 Å². The zero-order valence-corrected chi connectivity index (χ0v) is 9.67. The molecule has 0 spiro atoms. The van der Waals surface area contributed by atoms with E-state index in [4.69, 9.17) is 14.9 Å². The van der Waals surface area contributed by atoms with Gasteiger partial charge in [0.1, 0.15) is 23.9 Å². The summed E-state index contributed by atoms with van der Waals surface area (Å²) in [5, 5.41) is 10.2. The number of furan rings is 1. The van der Waals surface area contributed by atoms with Crippen LogP contribution in [0, 0.1) is 6.92 Å². The van der Waals surface area contributed by atoms with Crippen LogP contribution in [0.2, 0.25) is 0 Å². The van der Waals surface area contributed by atoms with E-state index in [0.29, 0.717) is 29.3 Å². The van der Waals surface area contributed by atoms with Crippen molar-refractivity contribution in [2.45, 2.75) is 13.5 Å². The summed E-state index contributed by atoms with van der Waals surface area (Å²) in [4.78, 5) is 4.05. The Morgan fingerprint density at radius 2 is 2.33 bits per heavy atom. The molecule has 3 aromatic heterocycles. The average Bonchev–Trinajstić information content (AvgIpc) is 2.94. The van der Waals surface area contributed by atoms with Crippen molar-refractivity contribution < 1.29 is 9.15 Å². The molecule has 3 aromatic rings. The van der Waals surface area contributed by atoms with Gasteiger partial charge in [-0.2, -0.15) is 0 Å². The molecule has 0 aromatic carbocycles. The van der Waals surface area contributed by atoms with Gasteiger partial charge < -0.3 is 14.9 Å². The Kier molecular flexibility index (Phi) is 2.36. The maximum absolute atomic E-state index is 5.67. The van der Waals surface area contributed by atoms with Crippen LogP contribution in [0.3, 0.4) is 0 Å². The van der Waals surface area contributed by atoms with Crippen LogP contribution in [0.15, 0.2) is 22.6 Å². The molecule has 0 bridgehead atoms. The fourth-order valence-electron chi connectivity index (χ4n) is 1.65. The highest BCUT2D eigenvalue weighted by Gasteiger charge is 2.10. The number of anilines is 1. The van der Waals surface area contributed by atoms with Gasteiger partial charge in [-0.05, 0) is 19.1 Å². The summed E-state index contributed by atoms with van der Waals surface area (Å²) in [6.45, 7) is 2.18. The maximum atomic E-state index is 5.67.